The van der Waals surface area contributed by atoms with Gasteiger partial charge in [-0.2, -0.15) is 5.10 Å². The maximum Gasteiger partial charge on any atom is 0.282 e. The van der Waals surface area contributed by atoms with Gasteiger partial charge in [0.15, 0.2) is 0 Å². The zero-order valence-corrected chi connectivity index (χ0v) is 10.9. The summed E-state index contributed by atoms with van der Waals surface area (Å²) in [6, 6.07) is -0.752. The smallest absolute Gasteiger partial charge is 0.282 e. The van der Waals surface area contributed by atoms with Gasteiger partial charge in [0, 0.05) is 6.54 Å². The van der Waals surface area contributed by atoms with Gasteiger partial charge in [-0.05, 0) is 13.3 Å². The van der Waals surface area contributed by atoms with E-state index in [-0.39, 0.29) is 12.6 Å². The number of hydrogen-bond donors (Lipinski definition) is 1. The van der Waals surface area contributed by atoms with E-state index in [1.165, 1.54) is 10.9 Å². The van der Waals surface area contributed by atoms with Gasteiger partial charge in [0.25, 0.3) is 5.92 Å². The summed E-state index contributed by atoms with van der Waals surface area (Å²) >= 11 is 0. The van der Waals surface area contributed by atoms with E-state index < -0.39 is 12.0 Å². The maximum absolute atomic E-state index is 14.3. The zero-order valence-electron chi connectivity index (χ0n) is 10.9. The number of piperidine rings is 1. The van der Waals surface area contributed by atoms with E-state index in [4.69, 9.17) is 10.5 Å². The van der Waals surface area contributed by atoms with Crippen molar-refractivity contribution in [2.24, 2.45) is 0 Å². The Balaban J connectivity index is 1.78. The lowest BCUT2D eigenvalue weighted by atomic mass is 9.98. The molecule has 0 amide bonds. The van der Waals surface area contributed by atoms with E-state index in [1.807, 2.05) is 4.90 Å². The highest BCUT2D eigenvalue weighted by Gasteiger charge is 2.48. The molecule has 1 atom stereocenters. The Bertz CT molecular complexity index is 472. The van der Waals surface area contributed by atoms with Crippen LogP contribution in [0.2, 0.25) is 0 Å². The summed E-state index contributed by atoms with van der Waals surface area (Å²) in [7, 11) is 0. The molecule has 0 spiro atoms. The minimum atomic E-state index is -2.79. The fraction of sp³-hybridized carbons (Fsp3) is 0.750. The summed E-state index contributed by atoms with van der Waals surface area (Å²) in [5, 5.41) is 4.01. The molecule has 2 aliphatic heterocycles. The number of nitrogens with two attached hydrogens (primary N) is 1. The predicted molar refractivity (Wildman–Crippen MR) is 66.2 cm³/mol. The average molecular weight is 272 g/mol. The highest BCUT2D eigenvalue weighted by atomic mass is 19.3. The number of aromatic nitrogens is 2. The number of ether oxygens (including phenoxy) is 1. The van der Waals surface area contributed by atoms with E-state index in [2.05, 4.69) is 5.10 Å². The van der Waals surface area contributed by atoms with Crippen LogP contribution in [0.5, 0.6) is 0 Å². The molecule has 0 bridgehead atoms. The molecule has 106 valence electrons. The number of likely N-dealkylation sites (tertiary alicyclic amines) is 1. The van der Waals surface area contributed by atoms with Crippen LogP contribution in [-0.2, 0) is 4.74 Å². The van der Waals surface area contributed by atoms with E-state index >= 15 is 0 Å². The van der Waals surface area contributed by atoms with Crippen molar-refractivity contribution < 1.29 is 13.5 Å². The van der Waals surface area contributed by atoms with Gasteiger partial charge < -0.3 is 10.5 Å². The van der Waals surface area contributed by atoms with Crippen LogP contribution in [0.25, 0.3) is 0 Å². The first-order valence-electron chi connectivity index (χ1n) is 6.48. The molecule has 0 radical (unpaired) electrons. The molecule has 2 fully saturated rings. The van der Waals surface area contributed by atoms with Gasteiger partial charge in [-0.25, -0.2) is 8.78 Å². The third-order valence-corrected chi connectivity index (χ3v) is 4.11. The first-order valence-corrected chi connectivity index (χ1v) is 6.48. The van der Waals surface area contributed by atoms with Crippen LogP contribution in [0.3, 0.4) is 0 Å². The van der Waals surface area contributed by atoms with E-state index in [1.54, 1.807) is 6.92 Å². The van der Waals surface area contributed by atoms with E-state index in [9.17, 15) is 8.78 Å². The molecule has 2 aliphatic rings. The van der Waals surface area contributed by atoms with Crippen molar-refractivity contribution in [3.8, 4) is 0 Å². The molecule has 19 heavy (non-hydrogen) atoms. The monoisotopic (exact) mass is 272 g/mol. The summed E-state index contributed by atoms with van der Waals surface area (Å²) in [4.78, 5) is 1.82. The fourth-order valence-electron chi connectivity index (χ4n) is 2.75. The summed E-state index contributed by atoms with van der Waals surface area (Å²) in [5.74, 6) is -2.79. The molecule has 1 aromatic rings. The Kier molecular flexibility index (Phi) is 2.98. The molecule has 1 aromatic heterocycles. The number of rotatable bonds is 2. The van der Waals surface area contributed by atoms with Crippen molar-refractivity contribution in [1.29, 1.82) is 0 Å². The Hall–Kier alpha value is -1.21. The van der Waals surface area contributed by atoms with Crippen LogP contribution in [0.4, 0.5) is 14.5 Å². The van der Waals surface area contributed by atoms with Gasteiger partial charge in [-0.15, -0.1) is 0 Å². The quantitative estimate of drug-likeness (QED) is 0.874. The summed E-state index contributed by atoms with van der Waals surface area (Å²) in [6.45, 7) is 3.27. The second-order valence-corrected chi connectivity index (χ2v) is 5.36. The highest BCUT2D eigenvalue weighted by molar-refractivity contribution is 5.40. The number of nitrogen functional groups attached to an aromatic ring is 1. The van der Waals surface area contributed by atoms with Crippen LogP contribution in [0.15, 0.2) is 6.20 Å². The molecule has 7 heteroatoms. The molecule has 0 aromatic carbocycles. The molecule has 3 rings (SSSR count). The van der Waals surface area contributed by atoms with Crippen molar-refractivity contribution in [2.45, 2.75) is 31.4 Å². The minimum Gasteiger partial charge on any atom is -0.396 e. The second-order valence-electron chi connectivity index (χ2n) is 5.36. The zero-order chi connectivity index (χ0) is 13.6. The number of anilines is 1. The number of halogens is 2. The van der Waals surface area contributed by atoms with Crippen LogP contribution >= 0.6 is 0 Å². The van der Waals surface area contributed by atoms with Crippen LogP contribution in [0.1, 0.15) is 18.2 Å². The summed E-state index contributed by atoms with van der Waals surface area (Å²) in [6.07, 6.45) is 1.82. The molecule has 3 heterocycles. The largest absolute Gasteiger partial charge is 0.396 e. The topological polar surface area (TPSA) is 56.3 Å². The van der Waals surface area contributed by atoms with Gasteiger partial charge in [0.1, 0.15) is 6.04 Å². The molecule has 2 saturated heterocycles. The van der Waals surface area contributed by atoms with Crippen LogP contribution < -0.4 is 5.73 Å². The van der Waals surface area contributed by atoms with E-state index in [0.29, 0.717) is 37.6 Å². The third kappa shape index (κ3) is 2.10. The molecular weight excluding hydrogens is 254 g/mol. The standard InChI is InChI=1S/C12H18F2N4O/c1-8-10(15)4-16-18(8)11-2-3-17(7-12(11,13)14)9-5-19-6-9/h4,9,11H,2-3,5-7,15H2,1H3. The Morgan fingerprint density at radius 3 is 2.68 bits per heavy atom. The first-order chi connectivity index (χ1) is 8.99. The third-order valence-electron chi connectivity index (χ3n) is 4.11. The lowest BCUT2D eigenvalue weighted by Gasteiger charge is -2.44. The highest BCUT2D eigenvalue weighted by Crippen LogP contribution is 2.38. The summed E-state index contributed by atoms with van der Waals surface area (Å²) in [5.41, 5.74) is 6.77. The van der Waals surface area contributed by atoms with Crippen molar-refractivity contribution in [3.63, 3.8) is 0 Å². The van der Waals surface area contributed by atoms with Crippen molar-refractivity contribution in [1.82, 2.24) is 14.7 Å². The van der Waals surface area contributed by atoms with Crippen molar-refractivity contribution in [3.05, 3.63) is 11.9 Å². The molecule has 2 N–H and O–H groups in total. The van der Waals surface area contributed by atoms with Gasteiger partial charge in [0.05, 0.1) is 43.4 Å². The molecule has 0 saturated carbocycles. The Labute approximate surface area is 110 Å². The maximum atomic E-state index is 14.3. The van der Waals surface area contributed by atoms with Gasteiger partial charge in [0.2, 0.25) is 0 Å². The van der Waals surface area contributed by atoms with Gasteiger partial charge >= 0.3 is 0 Å². The normalized spacial score (nSPS) is 28.3. The number of hydrogen-bond acceptors (Lipinski definition) is 4. The fourth-order valence-corrected chi connectivity index (χ4v) is 2.75. The average Bonchev–Trinajstić information content (AvgIpc) is 2.57. The SMILES string of the molecule is Cc1c(N)cnn1C1CCN(C2COC2)CC1(F)F. The first kappa shape index (κ1) is 12.8. The molecule has 5 nitrogen and oxygen atoms in total. The lowest BCUT2D eigenvalue weighted by molar-refractivity contribution is -0.150. The van der Waals surface area contributed by atoms with E-state index in [0.717, 1.165) is 0 Å². The van der Waals surface area contributed by atoms with Crippen LogP contribution in [0, 0.1) is 6.92 Å². The number of alkyl halides is 2. The molecule has 0 aliphatic carbocycles. The Morgan fingerprint density at radius 2 is 2.21 bits per heavy atom. The summed E-state index contributed by atoms with van der Waals surface area (Å²) < 4.78 is 35.1. The molecular formula is C12H18F2N4O. The van der Waals surface area contributed by atoms with Gasteiger partial charge in [-0.3, -0.25) is 9.58 Å². The minimum absolute atomic E-state index is 0.149. The second kappa shape index (κ2) is 4.42. The molecule has 1 unspecified atom stereocenters. The van der Waals surface area contributed by atoms with Gasteiger partial charge in [-0.1, -0.05) is 0 Å². The van der Waals surface area contributed by atoms with Crippen molar-refractivity contribution in [2.75, 3.05) is 32.0 Å². The Morgan fingerprint density at radius 1 is 1.47 bits per heavy atom. The van der Waals surface area contributed by atoms with Crippen LogP contribution in [-0.4, -0.2) is 52.9 Å². The predicted octanol–water partition coefficient (Wildman–Crippen LogP) is 1.05. The lowest BCUT2D eigenvalue weighted by Crippen LogP contribution is -2.58. The number of nitrogens with zero attached hydrogens (tertiary/aromatic N) is 3. The van der Waals surface area contributed by atoms with Crippen molar-refractivity contribution >= 4 is 5.69 Å².